The molecule has 2 aliphatic rings. The minimum Gasteiger partial charge on any atom is -0.360 e. The number of halogens is 3. The van der Waals surface area contributed by atoms with Gasteiger partial charge in [0.05, 0.1) is 17.8 Å². The minimum absolute atomic E-state index is 0.109. The van der Waals surface area contributed by atoms with E-state index in [1.165, 1.54) is 22.6 Å². The lowest BCUT2D eigenvalue weighted by atomic mass is 9.88. The lowest BCUT2D eigenvalue weighted by molar-refractivity contribution is -0.162. The summed E-state index contributed by atoms with van der Waals surface area (Å²) in [5.41, 5.74) is -0.595. The molecule has 2 saturated heterocycles. The molecule has 0 aliphatic carbocycles. The number of rotatable bonds is 4. The number of hydrogen-bond acceptors (Lipinski definition) is 4. The molecule has 2 fully saturated rings. The van der Waals surface area contributed by atoms with Gasteiger partial charge in [-0.25, -0.2) is 4.98 Å². The molecule has 0 saturated carbocycles. The number of likely N-dealkylation sites (tertiary alicyclic amines) is 1. The van der Waals surface area contributed by atoms with E-state index in [-0.39, 0.29) is 12.2 Å². The molecule has 31 heavy (non-hydrogen) atoms. The van der Waals surface area contributed by atoms with Crippen LogP contribution in [0.5, 0.6) is 0 Å². The normalized spacial score (nSPS) is 22.1. The quantitative estimate of drug-likeness (QED) is 0.733. The highest BCUT2D eigenvalue weighted by Gasteiger charge is 2.48. The zero-order chi connectivity index (χ0) is 22.1. The number of aromatic nitrogens is 1. The maximum atomic E-state index is 13.5. The Kier molecular flexibility index (Phi) is 6.03. The van der Waals surface area contributed by atoms with Crippen molar-refractivity contribution in [2.75, 3.05) is 31.1 Å². The van der Waals surface area contributed by atoms with Crippen molar-refractivity contribution in [2.24, 2.45) is 0 Å². The van der Waals surface area contributed by atoms with Gasteiger partial charge in [0.2, 0.25) is 0 Å². The lowest BCUT2D eigenvalue weighted by Crippen LogP contribution is -2.62. The average Bonchev–Trinajstić information content (AvgIpc) is 2.76. The van der Waals surface area contributed by atoms with Crippen molar-refractivity contribution in [1.82, 2.24) is 9.88 Å². The summed E-state index contributed by atoms with van der Waals surface area (Å²) in [4.78, 5) is 19.8. The molecule has 8 heteroatoms. The number of alkyl halides is 3. The van der Waals surface area contributed by atoms with Crippen LogP contribution in [-0.4, -0.2) is 53.7 Å². The smallest absolute Gasteiger partial charge is 0.360 e. The van der Waals surface area contributed by atoms with Crippen molar-refractivity contribution in [3.05, 3.63) is 59.9 Å². The summed E-state index contributed by atoms with van der Waals surface area (Å²) in [6.07, 6.45) is -2.06. The molecular weight excluding hydrogens is 407 g/mol. The molecule has 1 amide bonds. The first kappa shape index (κ1) is 21.8. The summed E-state index contributed by atoms with van der Waals surface area (Å²) in [7, 11) is 0. The first-order chi connectivity index (χ1) is 14.8. The molecule has 1 spiro atoms. The third-order valence-electron chi connectivity index (χ3n) is 6.16. The van der Waals surface area contributed by atoms with Crippen LogP contribution in [0.1, 0.15) is 31.0 Å². The molecule has 1 atom stereocenters. The van der Waals surface area contributed by atoms with Gasteiger partial charge in [0.25, 0.3) is 5.91 Å². The predicted molar refractivity (Wildman–Crippen MR) is 111 cm³/mol. The maximum Gasteiger partial charge on any atom is 0.435 e. The molecule has 4 rings (SSSR count). The Morgan fingerprint density at radius 3 is 2.52 bits per heavy atom. The fourth-order valence-corrected chi connectivity index (χ4v) is 4.48. The number of morpholine rings is 1. The van der Waals surface area contributed by atoms with Crippen molar-refractivity contribution in [2.45, 2.75) is 44.1 Å². The number of hydrogen-bond donors (Lipinski definition) is 0. The second-order valence-corrected chi connectivity index (χ2v) is 8.31. The van der Waals surface area contributed by atoms with Crippen LogP contribution < -0.4 is 4.90 Å². The molecular formula is C23H26F3N3O2. The number of pyridine rings is 1. The van der Waals surface area contributed by atoms with Gasteiger partial charge in [-0.15, -0.1) is 0 Å². The van der Waals surface area contributed by atoms with Crippen molar-refractivity contribution >= 4 is 11.6 Å². The summed E-state index contributed by atoms with van der Waals surface area (Å²) in [6, 6.07) is 13.0. The molecule has 2 aliphatic heterocycles. The van der Waals surface area contributed by atoms with Gasteiger partial charge in [-0.3, -0.25) is 4.79 Å². The van der Waals surface area contributed by atoms with E-state index in [1.807, 2.05) is 18.2 Å². The minimum atomic E-state index is -4.63. The standard InChI is InChI=1S/C23H26F3N3O2/c1-17-21(30)29(19-8-5-12-27-20(19)23(24,25)26)16-22(31-17)10-14-28(15-11-22)13-9-18-6-3-2-4-7-18/h2-8,12,17H,9-11,13-16H2,1H3. The number of anilines is 1. The Morgan fingerprint density at radius 1 is 1.13 bits per heavy atom. The van der Waals surface area contributed by atoms with Crippen LogP contribution >= 0.6 is 0 Å². The fraction of sp³-hybridized carbons (Fsp3) is 0.478. The zero-order valence-corrected chi connectivity index (χ0v) is 17.4. The fourth-order valence-electron chi connectivity index (χ4n) is 4.48. The van der Waals surface area contributed by atoms with Crippen LogP contribution in [0.2, 0.25) is 0 Å². The number of benzene rings is 1. The van der Waals surface area contributed by atoms with Gasteiger partial charge >= 0.3 is 6.18 Å². The molecule has 0 radical (unpaired) electrons. The Labute approximate surface area is 179 Å². The van der Waals surface area contributed by atoms with Crippen LogP contribution in [0.3, 0.4) is 0 Å². The number of carbonyl (C=O) groups excluding carboxylic acids is 1. The van der Waals surface area contributed by atoms with E-state index in [0.29, 0.717) is 12.8 Å². The number of amides is 1. The molecule has 0 N–H and O–H groups in total. The SMILES string of the molecule is CC1OC2(CCN(CCc3ccccc3)CC2)CN(c2cccnc2C(F)(F)F)C1=O. The number of ether oxygens (including phenoxy) is 1. The highest BCUT2D eigenvalue weighted by atomic mass is 19.4. The van der Waals surface area contributed by atoms with Gasteiger partial charge in [-0.05, 0) is 43.9 Å². The van der Waals surface area contributed by atoms with Crippen molar-refractivity contribution < 1.29 is 22.7 Å². The first-order valence-electron chi connectivity index (χ1n) is 10.6. The Bertz CT molecular complexity index is 912. The van der Waals surface area contributed by atoms with E-state index in [2.05, 4.69) is 22.0 Å². The van der Waals surface area contributed by atoms with Crippen LogP contribution in [0, 0.1) is 0 Å². The van der Waals surface area contributed by atoms with Crippen molar-refractivity contribution in [1.29, 1.82) is 0 Å². The molecule has 1 unspecified atom stereocenters. The van der Waals surface area contributed by atoms with Gasteiger partial charge in [-0.1, -0.05) is 30.3 Å². The van der Waals surface area contributed by atoms with Crippen LogP contribution in [0.25, 0.3) is 0 Å². The van der Waals surface area contributed by atoms with Crippen LogP contribution in [0.15, 0.2) is 48.7 Å². The lowest BCUT2D eigenvalue weighted by Gasteiger charge is -2.49. The predicted octanol–water partition coefficient (Wildman–Crippen LogP) is 3.93. The third kappa shape index (κ3) is 4.75. The Morgan fingerprint density at radius 2 is 1.84 bits per heavy atom. The average molecular weight is 433 g/mol. The molecule has 1 aromatic carbocycles. The zero-order valence-electron chi connectivity index (χ0n) is 17.4. The highest BCUT2D eigenvalue weighted by Crippen LogP contribution is 2.39. The van der Waals surface area contributed by atoms with Gasteiger partial charge in [0, 0.05) is 25.8 Å². The largest absolute Gasteiger partial charge is 0.435 e. The third-order valence-corrected chi connectivity index (χ3v) is 6.16. The van der Waals surface area contributed by atoms with Crippen molar-refractivity contribution in [3.8, 4) is 0 Å². The van der Waals surface area contributed by atoms with Gasteiger partial charge < -0.3 is 14.5 Å². The van der Waals surface area contributed by atoms with E-state index in [9.17, 15) is 18.0 Å². The highest BCUT2D eigenvalue weighted by molar-refractivity contribution is 5.97. The van der Waals surface area contributed by atoms with Crippen LogP contribution in [-0.2, 0) is 22.1 Å². The summed E-state index contributed by atoms with van der Waals surface area (Å²) in [5.74, 6) is -0.462. The monoisotopic (exact) mass is 433 g/mol. The molecule has 0 bridgehead atoms. The van der Waals surface area contributed by atoms with Gasteiger partial charge in [-0.2, -0.15) is 13.2 Å². The van der Waals surface area contributed by atoms with Gasteiger partial charge in [0.1, 0.15) is 6.10 Å². The molecule has 5 nitrogen and oxygen atoms in total. The van der Waals surface area contributed by atoms with Crippen LogP contribution in [0.4, 0.5) is 18.9 Å². The summed E-state index contributed by atoms with van der Waals surface area (Å²) >= 11 is 0. The number of carbonyl (C=O) groups is 1. The number of piperidine rings is 1. The second kappa shape index (κ2) is 8.59. The van der Waals surface area contributed by atoms with E-state index < -0.39 is 29.5 Å². The maximum absolute atomic E-state index is 13.5. The van der Waals surface area contributed by atoms with E-state index >= 15 is 0 Å². The molecule has 3 heterocycles. The van der Waals surface area contributed by atoms with Crippen molar-refractivity contribution in [3.63, 3.8) is 0 Å². The molecule has 166 valence electrons. The Balaban J connectivity index is 1.47. The van der Waals surface area contributed by atoms with E-state index in [0.717, 1.165) is 32.3 Å². The van der Waals surface area contributed by atoms with Gasteiger partial charge in [0.15, 0.2) is 5.69 Å². The first-order valence-corrected chi connectivity index (χ1v) is 10.6. The number of nitrogens with zero attached hydrogens (tertiary/aromatic N) is 3. The summed E-state index contributed by atoms with van der Waals surface area (Å²) in [6.45, 7) is 4.19. The molecule has 2 aromatic rings. The summed E-state index contributed by atoms with van der Waals surface area (Å²) < 4.78 is 46.6. The van der Waals surface area contributed by atoms with E-state index in [1.54, 1.807) is 6.92 Å². The summed E-state index contributed by atoms with van der Waals surface area (Å²) in [5, 5.41) is 0. The van der Waals surface area contributed by atoms with E-state index in [4.69, 9.17) is 4.74 Å². The molecule has 1 aromatic heterocycles. The second-order valence-electron chi connectivity index (χ2n) is 8.31. The topological polar surface area (TPSA) is 45.7 Å². The Hall–Kier alpha value is -2.45.